The van der Waals surface area contributed by atoms with E-state index >= 15 is 0 Å². The van der Waals surface area contributed by atoms with E-state index in [0.717, 1.165) is 48.9 Å². The third kappa shape index (κ3) is 6.33. The summed E-state index contributed by atoms with van der Waals surface area (Å²) < 4.78 is 37.8. The van der Waals surface area contributed by atoms with Crippen LogP contribution in [0.3, 0.4) is 0 Å². The number of sulfone groups is 1. The second-order valence-corrected chi connectivity index (χ2v) is 13.9. The lowest BCUT2D eigenvalue weighted by Crippen LogP contribution is -2.42. The third-order valence-corrected chi connectivity index (χ3v) is 10.6. The van der Waals surface area contributed by atoms with Crippen LogP contribution < -0.4 is 5.32 Å². The molecule has 3 aromatic carbocycles. The summed E-state index contributed by atoms with van der Waals surface area (Å²) in [6, 6.07) is 20.9. The van der Waals surface area contributed by atoms with Crippen molar-refractivity contribution in [2.24, 2.45) is 0 Å². The molecule has 1 saturated heterocycles. The first-order valence-corrected chi connectivity index (χ1v) is 16.4. The van der Waals surface area contributed by atoms with Crippen LogP contribution in [0.5, 0.6) is 0 Å². The van der Waals surface area contributed by atoms with Crippen LogP contribution in [0.2, 0.25) is 5.02 Å². The van der Waals surface area contributed by atoms with Gasteiger partial charge in [-0.25, -0.2) is 8.42 Å². The molecule has 220 valence electrons. The van der Waals surface area contributed by atoms with Gasteiger partial charge in [0.05, 0.1) is 23.9 Å². The fraction of sp³-hybridized carbons (Fsp3) is 0.364. The summed E-state index contributed by atoms with van der Waals surface area (Å²) in [6.07, 6.45) is 5.78. The molecule has 2 fully saturated rings. The van der Waals surface area contributed by atoms with Crippen molar-refractivity contribution in [3.05, 3.63) is 88.5 Å². The largest absolute Gasteiger partial charge is 0.348 e. The van der Waals surface area contributed by atoms with Crippen LogP contribution in [-0.2, 0) is 30.7 Å². The van der Waals surface area contributed by atoms with E-state index in [2.05, 4.69) is 17.3 Å². The Morgan fingerprint density at radius 3 is 2.33 bits per heavy atom. The summed E-state index contributed by atoms with van der Waals surface area (Å²) in [7, 11) is -1.38. The zero-order chi connectivity index (χ0) is 29.3. The molecule has 1 saturated carbocycles. The highest BCUT2D eigenvalue weighted by molar-refractivity contribution is 7.91. The molecule has 1 amide bonds. The molecule has 0 radical (unpaired) electrons. The van der Waals surface area contributed by atoms with Crippen molar-refractivity contribution >= 4 is 39.1 Å². The van der Waals surface area contributed by atoms with Crippen molar-refractivity contribution in [3.63, 3.8) is 0 Å². The Morgan fingerprint density at radius 1 is 0.976 bits per heavy atom. The molecule has 1 N–H and O–H groups in total. The minimum atomic E-state index is -3.53. The summed E-state index contributed by atoms with van der Waals surface area (Å²) in [5.41, 5.74) is 4.55. The van der Waals surface area contributed by atoms with Crippen LogP contribution in [0, 0.1) is 0 Å². The second kappa shape index (κ2) is 11.9. The van der Waals surface area contributed by atoms with Crippen molar-refractivity contribution in [1.82, 2.24) is 4.90 Å². The molecule has 0 unspecified atom stereocenters. The maximum Gasteiger partial charge on any atom is 0.251 e. The molecular formula is C33H35ClN2O5S. The molecule has 6 rings (SSSR count). The monoisotopic (exact) mass is 606 g/mol. The number of anilines is 1. The van der Waals surface area contributed by atoms with Crippen LogP contribution in [-0.4, -0.2) is 57.1 Å². The van der Waals surface area contributed by atoms with Crippen LogP contribution in [0.25, 0.3) is 17.2 Å². The van der Waals surface area contributed by atoms with Gasteiger partial charge in [0.15, 0.2) is 15.6 Å². The number of ether oxygens (including phenoxy) is 2. The average molecular weight is 607 g/mol. The molecule has 7 nitrogen and oxygen atoms in total. The van der Waals surface area contributed by atoms with Gasteiger partial charge in [-0.3, -0.25) is 9.69 Å². The SMILES string of the molecule is CN(Cc1ccc(NC(=O)C2=Cc3cc(-c4ccc(Cl)cc4)ccc3S(=O)(=O)CC2)cc1)C1CCC2(CC1)OCCO2. The lowest BCUT2D eigenvalue weighted by molar-refractivity contribution is -0.183. The lowest BCUT2D eigenvalue weighted by Gasteiger charge is -2.39. The maximum atomic E-state index is 13.3. The van der Waals surface area contributed by atoms with E-state index in [0.29, 0.717) is 41.1 Å². The Morgan fingerprint density at radius 2 is 1.64 bits per heavy atom. The molecule has 9 heteroatoms. The molecule has 3 aromatic rings. The fourth-order valence-electron chi connectivity index (χ4n) is 6.15. The number of rotatable bonds is 6. The highest BCUT2D eigenvalue weighted by atomic mass is 35.5. The van der Waals surface area contributed by atoms with Crippen LogP contribution in [0.15, 0.2) is 77.2 Å². The standard InChI is InChI=1S/C33H35ClN2O5S/c1-36(30-12-15-33(16-13-30)40-17-18-41-33)22-23-2-9-29(10-3-23)35-32(37)26-14-19-42(38,39)31-11-6-25(20-27(31)21-26)24-4-7-28(34)8-5-24/h2-11,20-21,30H,12-19,22H2,1H3,(H,35,37). The van der Waals surface area contributed by atoms with Crippen molar-refractivity contribution < 1.29 is 22.7 Å². The van der Waals surface area contributed by atoms with Crippen molar-refractivity contribution in [3.8, 4) is 11.1 Å². The summed E-state index contributed by atoms with van der Waals surface area (Å²) >= 11 is 6.03. The molecule has 1 spiro atoms. The van der Waals surface area contributed by atoms with Gasteiger partial charge in [0, 0.05) is 41.7 Å². The first kappa shape index (κ1) is 29.1. The van der Waals surface area contributed by atoms with E-state index in [9.17, 15) is 13.2 Å². The van der Waals surface area contributed by atoms with Gasteiger partial charge < -0.3 is 14.8 Å². The molecule has 2 heterocycles. The van der Waals surface area contributed by atoms with E-state index in [1.165, 1.54) is 0 Å². The van der Waals surface area contributed by atoms with Gasteiger partial charge in [-0.15, -0.1) is 0 Å². The molecule has 42 heavy (non-hydrogen) atoms. The Kier molecular flexibility index (Phi) is 8.26. The van der Waals surface area contributed by atoms with Gasteiger partial charge in [0.2, 0.25) is 0 Å². The minimum absolute atomic E-state index is 0.120. The van der Waals surface area contributed by atoms with Crippen LogP contribution >= 0.6 is 11.6 Å². The van der Waals surface area contributed by atoms with Crippen molar-refractivity contribution in [2.45, 2.75) is 55.4 Å². The van der Waals surface area contributed by atoms with Gasteiger partial charge in [-0.05, 0) is 91.0 Å². The Hall–Kier alpha value is -3.01. The molecule has 3 aliphatic rings. The zero-order valence-electron chi connectivity index (χ0n) is 23.6. The minimum Gasteiger partial charge on any atom is -0.348 e. The third-order valence-electron chi connectivity index (χ3n) is 8.58. The van der Waals surface area contributed by atoms with Gasteiger partial charge in [-0.1, -0.05) is 41.9 Å². The predicted molar refractivity (Wildman–Crippen MR) is 165 cm³/mol. The number of hydrogen-bond donors (Lipinski definition) is 1. The number of amides is 1. The quantitative estimate of drug-likeness (QED) is 0.353. The van der Waals surface area contributed by atoms with E-state index in [1.54, 1.807) is 30.3 Å². The smallest absolute Gasteiger partial charge is 0.251 e. The number of benzene rings is 3. The summed E-state index contributed by atoms with van der Waals surface area (Å²) in [5.74, 6) is -0.770. The second-order valence-electron chi connectivity index (χ2n) is 11.4. The van der Waals surface area contributed by atoms with Gasteiger partial charge in [0.1, 0.15) is 0 Å². The summed E-state index contributed by atoms with van der Waals surface area (Å²) in [6.45, 7) is 2.19. The van der Waals surface area contributed by atoms with E-state index in [4.69, 9.17) is 21.1 Å². The average Bonchev–Trinajstić information content (AvgIpc) is 3.38. The topological polar surface area (TPSA) is 84.9 Å². The molecule has 0 bridgehead atoms. The van der Waals surface area contributed by atoms with Crippen molar-refractivity contribution in [1.29, 1.82) is 0 Å². The van der Waals surface area contributed by atoms with Gasteiger partial charge in [0.25, 0.3) is 5.91 Å². The molecule has 0 aromatic heterocycles. The van der Waals surface area contributed by atoms with Gasteiger partial charge in [-0.2, -0.15) is 0 Å². The molecule has 1 aliphatic carbocycles. The number of fused-ring (bicyclic) bond motifs is 1. The first-order chi connectivity index (χ1) is 20.2. The molecule has 0 atom stereocenters. The lowest BCUT2D eigenvalue weighted by atomic mass is 9.89. The van der Waals surface area contributed by atoms with E-state index in [1.807, 2.05) is 42.5 Å². The fourth-order valence-corrected chi connectivity index (χ4v) is 7.74. The normalized spacial score (nSPS) is 19.7. The highest BCUT2D eigenvalue weighted by Crippen LogP contribution is 2.37. The van der Waals surface area contributed by atoms with E-state index in [-0.39, 0.29) is 28.8 Å². The number of carbonyl (C=O) groups excluding carboxylic acids is 1. The number of nitrogens with one attached hydrogen (secondary N) is 1. The van der Waals surface area contributed by atoms with Crippen LogP contribution in [0.1, 0.15) is 43.2 Å². The number of halogens is 1. The molecular weight excluding hydrogens is 572 g/mol. The Labute approximate surface area is 252 Å². The predicted octanol–water partition coefficient (Wildman–Crippen LogP) is 6.32. The van der Waals surface area contributed by atoms with Crippen molar-refractivity contribution in [2.75, 3.05) is 31.3 Å². The number of carbonyl (C=O) groups is 1. The van der Waals surface area contributed by atoms with Gasteiger partial charge >= 0.3 is 0 Å². The Bertz CT molecular complexity index is 1590. The first-order valence-electron chi connectivity index (χ1n) is 14.4. The zero-order valence-corrected chi connectivity index (χ0v) is 25.2. The number of nitrogens with zero attached hydrogens (tertiary/aromatic N) is 1. The van der Waals surface area contributed by atoms with Crippen LogP contribution in [0.4, 0.5) is 5.69 Å². The molecule has 2 aliphatic heterocycles. The summed E-state index contributed by atoms with van der Waals surface area (Å²) in [4.78, 5) is 15.9. The van der Waals surface area contributed by atoms with E-state index < -0.39 is 9.84 Å². The maximum absolute atomic E-state index is 13.3. The summed E-state index contributed by atoms with van der Waals surface area (Å²) in [5, 5.41) is 3.59. The number of hydrogen-bond acceptors (Lipinski definition) is 6. The Balaban J connectivity index is 1.12. The highest BCUT2D eigenvalue weighted by Gasteiger charge is 2.41.